The summed E-state index contributed by atoms with van der Waals surface area (Å²) in [7, 11) is 4.44. The lowest BCUT2D eigenvalue weighted by Crippen LogP contribution is -2.80. The van der Waals surface area contributed by atoms with Gasteiger partial charge in [-0.3, -0.25) is 19.3 Å². The van der Waals surface area contributed by atoms with Gasteiger partial charge in [0.15, 0.2) is 17.8 Å². The fraction of sp³-hybridized carbons (Fsp3) is 0.545. The van der Waals surface area contributed by atoms with Gasteiger partial charge in [0.2, 0.25) is 0 Å². The molecular weight excluding hydrogens is 915 g/mol. The number of amides is 1. The van der Waals surface area contributed by atoms with E-state index < -0.39 is 119 Å². The summed E-state index contributed by atoms with van der Waals surface area (Å²) >= 11 is 0. The predicted octanol–water partition coefficient (Wildman–Crippen LogP) is 7.46. The number of rotatable bonds is 12. The van der Waals surface area contributed by atoms with Crippen LogP contribution in [0, 0.1) is 16.2 Å². The molecule has 0 aromatic heterocycles. The third kappa shape index (κ3) is 8.77. The monoisotopic (exact) mass is 981 g/mol. The lowest BCUT2D eigenvalue weighted by atomic mass is 9.40. The van der Waals surface area contributed by atoms with Crippen molar-refractivity contribution in [2.45, 2.75) is 141 Å². The highest BCUT2D eigenvalue weighted by Crippen LogP contribution is 2.68. The molecule has 1 N–H and O–H groups in total. The fourth-order valence-electron chi connectivity index (χ4n) is 12.4. The summed E-state index contributed by atoms with van der Waals surface area (Å²) in [6.45, 7) is 12.8. The second-order valence-electron chi connectivity index (χ2n) is 21.1. The Kier molecular flexibility index (Phi) is 14.2. The van der Waals surface area contributed by atoms with Crippen molar-refractivity contribution in [2.75, 3.05) is 34.5 Å². The van der Waals surface area contributed by atoms with E-state index >= 15 is 9.59 Å². The number of ether oxygens (including phenoxy) is 9. The van der Waals surface area contributed by atoms with Crippen LogP contribution >= 0.6 is 0 Å². The summed E-state index contributed by atoms with van der Waals surface area (Å²) in [5.74, 6) is -1.86. The van der Waals surface area contributed by atoms with E-state index in [9.17, 15) is 19.5 Å². The number of nitrogens with zero attached hydrogens (tertiary/aromatic N) is 1. The Morgan fingerprint density at radius 2 is 1.48 bits per heavy atom. The minimum atomic E-state index is -2.14. The lowest BCUT2D eigenvalue weighted by Gasteiger charge is -2.68. The van der Waals surface area contributed by atoms with Crippen LogP contribution in [0.2, 0.25) is 0 Å². The van der Waals surface area contributed by atoms with Crippen LogP contribution in [-0.2, 0) is 52.3 Å². The Balaban J connectivity index is 1.25. The number of benzene rings is 3. The van der Waals surface area contributed by atoms with Gasteiger partial charge in [-0.15, -0.1) is 0 Å². The zero-order valence-corrected chi connectivity index (χ0v) is 42.4. The smallest absolute Gasteiger partial charge is 0.413 e. The van der Waals surface area contributed by atoms with E-state index in [1.54, 1.807) is 134 Å². The van der Waals surface area contributed by atoms with Crippen molar-refractivity contribution in [3.8, 4) is 5.75 Å². The van der Waals surface area contributed by atoms with Gasteiger partial charge in [0, 0.05) is 45.0 Å². The molecule has 2 saturated heterocycles. The maximum absolute atomic E-state index is 16.0. The Hall–Kier alpha value is -5.49. The molecule has 382 valence electrons. The molecule has 16 heteroatoms. The molecule has 2 heterocycles. The van der Waals surface area contributed by atoms with Gasteiger partial charge < -0.3 is 47.7 Å². The third-order valence-corrected chi connectivity index (χ3v) is 15.9. The SMILES string of the molecule is COc1ccc(C2OC(C(=O)CO[C@H]3C[C@@]4(O)[C@@H](OC(=O)c5ccccc5)C56C[C@@H](C[C@H](OC)[C@@]5(C)C(=O)[C@H](OC)C(=C3C)C4(C)C)OCC6OC(C)=O)[C@H](c3ccccc3)N2C(=O)OC(C)(C)C)cc1. The molecule has 71 heavy (non-hydrogen) atoms. The number of aliphatic hydroxyl groups is 1. The molecule has 16 nitrogen and oxygen atoms in total. The number of hydrogen-bond acceptors (Lipinski definition) is 15. The van der Waals surface area contributed by atoms with Gasteiger partial charge in [-0.05, 0) is 82.0 Å². The minimum Gasteiger partial charge on any atom is -0.497 e. The second-order valence-corrected chi connectivity index (χ2v) is 21.1. The molecule has 1 amide bonds. The molecule has 3 aliphatic carbocycles. The van der Waals surface area contributed by atoms with E-state index in [4.69, 9.17) is 42.6 Å². The van der Waals surface area contributed by atoms with Gasteiger partial charge in [0.1, 0.15) is 48.0 Å². The van der Waals surface area contributed by atoms with E-state index in [2.05, 4.69) is 0 Å². The largest absolute Gasteiger partial charge is 0.497 e. The molecular formula is C55H67NO15. The van der Waals surface area contributed by atoms with Crippen molar-refractivity contribution < 1.29 is 71.7 Å². The number of carbonyl (C=O) groups is 5. The van der Waals surface area contributed by atoms with Gasteiger partial charge >= 0.3 is 18.0 Å². The van der Waals surface area contributed by atoms with Crippen molar-refractivity contribution in [3.63, 3.8) is 0 Å². The summed E-state index contributed by atoms with van der Waals surface area (Å²) in [4.78, 5) is 74.6. The van der Waals surface area contributed by atoms with Gasteiger partial charge in [0.05, 0.1) is 54.5 Å². The first-order chi connectivity index (χ1) is 33.6. The number of esters is 2. The van der Waals surface area contributed by atoms with Crippen LogP contribution in [-0.4, -0.2) is 128 Å². The normalized spacial score (nSPS) is 33.3. The van der Waals surface area contributed by atoms with Crippen molar-refractivity contribution in [1.29, 1.82) is 0 Å². The molecule has 4 bridgehead atoms. The summed E-state index contributed by atoms with van der Waals surface area (Å²) in [6.07, 6.45) is -9.74. The number of hydrogen-bond donors (Lipinski definition) is 1. The number of carbonyl (C=O) groups excluding carboxylic acids is 5. The van der Waals surface area contributed by atoms with Gasteiger partial charge in [-0.1, -0.05) is 74.5 Å². The second kappa shape index (κ2) is 19.5. The molecule has 4 fully saturated rings. The fourth-order valence-corrected chi connectivity index (χ4v) is 12.4. The summed E-state index contributed by atoms with van der Waals surface area (Å²) in [5, 5.41) is 14.1. The predicted molar refractivity (Wildman–Crippen MR) is 256 cm³/mol. The first-order valence-corrected chi connectivity index (χ1v) is 24.2. The van der Waals surface area contributed by atoms with E-state index in [1.165, 1.54) is 26.0 Å². The molecule has 3 aromatic rings. The third-order valence-electron chi connectivity index (χ3n) is 15.9. The van der Waals surface area contributed by atoms with Crippen LogP contribution in [0.4, 0.5) is 4.79 Å². The molecule has 1 spiro atoms. The van der Waals surface area contributed by atoms with Crippen LogP contribution in [0.3, 0.4) is 0 Å². The maximum atomic E-state index is 16.0. The molecule has 12 atom stereocenters. The number of fused-ring (bicyclic) bond motifs is 3. The van der Waals surface area contributed by atoms with E-state index in [0.29, 0.717) is 28.0 Å². The van der Waals surface area contributed by atoms with E-state index in [0.717, 1.165) is 0 Å². The zero-order chi connectivity index (χ0) is 51.4. The van der Waals surface area contributed by atoms with Crippen LogP contribution in [0.15, 0.2) is 96.1 Å². The van der Waals surface area contributed by atoms with Crippen molar-refractivity contribution in [3.05, 3.63) is 113 Å². The topological polar surface area (TPSA) is 192 Å². The van der Waals surface area contributed by atoms with Crippen molar-refractivity contribution in [2.24, 2.45) is 16.2 Å². The minimum absolute atomic E-state index is 0.0278. The number of methoxy groups -OCH3 is 3. The average molecular weight is 982 g/mol. The highest BCUT2D eigenvalue weighted by Gasteiger charge is 2.79. The molecule has 0 radical (unpaired) electrons. The molecule has 3 aromatic carbocycles. The zero-order valence-electron chi connectivity index (χ0n) is 42.4. The number of Topliss-reactive ketones (excluding diaryl/α,β-unsaturated/α-hetero) is 2. The number of ketones is 2. The Morgan fingerprint density at radius 1 is 0.831 bits per heavy atom. The van der Waals surface area contributed by atoms with Crippen molar-refractivity contribution >= 4 is 29.6 Å². The molecule has 2 aliphatic heterocycles. The molecule has 4 unspecified atom stereocenters. The van der Waals surface area contributed by atoms with Gasteiger partial charge in [0.25, 0.3) is 0 Å². The van der Waals surface area contributed by atoms with Gasteiger partial charge in [-0.25, -0.2) is 9.59 Å². The lowest BCUT2D eigenvalue weighted by molar-refractivity contribution is -0.315. The van der Waals surface area contributed by atoms with Crippen LogP contribution in [0.25, 0.3) is 0 Å². The highest BCUT2D eigenvalue weighted by molar-refractivity contribution is 5.95. The Labute approximate surface area is 415 Å². The first-order valence-electron chi connectivity index (χ1n) is 24.2. The highest BCUT2D eigenvalue weighted by atomic mass is 16.6. The molecule has 2 saturated carbocycles. The molecule has 5 aliphatic rings. The Morgan fingerprint density at radius 3 is 2.07 bits per heavy atom. The van der Waals surface area contributed by atoms with Crippen LogP contribution in [0.5, 0.6) is 5.75 Å². The maximum Gasteiger partial charge on any atom is 0.413 e. The van der Waals surface area contributed by atoms with Crippen LogP contribution in [0.1, 0.15) is 108 Å². The van der Waals surface area contributed by atoms with E-state index in [1.807, 2.05) is 6.07 Å². The summed E-state index contributed by atoms with van der Waals surface area (Å²) in [5.41, 5.74) is -5.56. The van der Waals surface area contributed by atoms with Crippen molar-refractivity contribution in [1.82, 2.24) is 4.90 Å². The quantitative estimate of drug-likeness (QED) is 0.107. The van der Waals surface area contributed by atoms with E-state index in [-0.39, 0.29) is 31.4 Å². The average Bonchev–Trinajstić information content (AvgIpc) is 3.75. The standard InChI is InChI=1S/C55H67NO15/c1-31-39(67-29-38(58)44-43(33-18-14-12-15-19-33)56(50(61)71-51(3,4)5)47(69-44)34-22-24-36(63-9)25-23-34)28-55(62)49(70-48(60)35-20-16-13-17-21-35)54-27-37(66-30-41(54)68-32(2)57)26-40(64-10)53(54,8)46(59)45(65-11)42(31)52(55,6)7/h12-25,37,39-41,43-45,47,49,62H,26-30H2,1-11H3/t37-,39+,40+,41?,43+,44?,45-,47?,49+,53+,54?,55-/m1/s1. The van der Waals surface area contributed by atoms with Gasteiger partial charge in [-0.2, -0.15) is 0 Å². The Bertz CT molecular complexity index is 2520. The summed E-state index contributed by atoms with van der Waals surface area (Å²) < 4.78 is 56.4. The molecule has 8 rings (SSSR count). The first kappa shape index (κ1) is 51.9. The summed E-state index contributed by atoms with van der Waals surface area (Å²) in [6, 6.07) is 23.3. The van der Waals surface area contributed by atoms with Crippen LogP contribution < -0.4 is 4.74 Å².